The lowest BCUT2D eigenvalue weighted by atomic mass is 10.1. The minimum Gasteiger partial charge on any atom is -0.169 e. The number of hydrogen-bond donors (Lipinski definition) is 0. The Labute approximate surface area is 88.2 Å². The van der Waals surface area contributed by atoms with Gasteiger partial charge in [-0.2, -0.15) is 16.8 Å². The number of halogens is 4. The molecular weight excluding hydrogens is 248 g/mol. The predicted octanol–water partition coefficient (Wildman–Crippen LogP) is 5.38. The third-order valence-corrected chi connectivity index (χ3v) is 4.06. The Morgan fingerprint density at radius 1 is 1.00 bits per heavy atom. The lowest BCUT2D eigenvalue weighted by Crippen LogP contribution is -2.11. The summed E-state index contributed by atoms with van der Waals surface area (Å²) in [6.07, 6.45) is 0. The lowest BCUT2D eigenvalue weighted by molar-refractivity contribution is 0.455. The van der Waals surface area contributed by atoms with Gasteiger partial charge >= 0.3 is 17.4 Å². The minimum absolute atomic E-state index is 0. The van der Waals surface area contributed by atoms with Crippen LogP contribution in [0.4, 0.5) is 16.8 Å². The summed E-state index contributed by atoms with van der Waals surface area (Å²) in [5.41, 5.74) is 0.475. The van der Waals surface area contributed by atoms with Crippen molar-refractivity contribution in [3.05, 3.63) is 35.9 Å². The second-order valence-corrected chi connectivity index (χ2v) is 4.87. The summed E-state index contributed by atoms with van der Waals surface area (Å²) in [6.45, 7) is 1.36. The van der Waals surface area contributed by atoms with Crippen molar-refractivity contribution in [2.45, 2.75) is 13.0 Å². The molecule has 84 valence electrons. The maximum atomic E-state index is 12.4. The molecule has 1 nitrogen and oxygen atoms in total. The van der Waals surface area contributed by atoms with Crippen LogP contribution in [0.25, 0.3) is 0 Å². The van der Waals surface area contributed by atoms with Gasteiger partial charge in [-0.15, -0.1) is 4.44 Å². The monoisotopic (exact) mass is 257 g/mol. The Morgan fingerprint density at radius 3 is 1.87 bits per heavy atom. The SMILES string of the molecule is C[C@@H](c1ccccc1)N(P(F)F)P(F)F. The average Bonchev–Trinajstić information content (AvgIpc) is 2.18. The molecule has 1 atom stereocenters. The second kappa shape index (κ2) is 5.74. The van der Waals surface area contributed by atoms with Crippen molar-refractivity contribution in [2.24, 2.45) is 0 Å². The van der Waals surface area contributed by atoms with Gasteiger partial charge in [0.25, 0.3) is 0 Å². The van der Waals surface area contributed by atoms with Gasteiger partial charge in [0, 0.05) is 6.04 Å². The van der Waals surface area contributed by atoms with E-state index in [0.717, 1.165) is 0 Å². The first-order valence-electron chi connectivity index (χ1n) is 4.11. The minimum atomic E-state index is -3.75. The van der Waals surface area contributed by atoms with Gasteiger partial charge in [-0.1, -0.05) is 30.3 Å². The Morgan fingerprint density at radius 2 is 1.47 bits per heavy atom. The highest BCUT2D eigenvalue weighted by molar-refractivity contribution is 7.59. The molecule has 0 aliphatic carbocycles. The number of hydrogen-bond acceptors (Lipinski definition) is 1. The molecule has 0 N–H and O–H groups in total. The van der Waals surface area contributed by atoms with Crippen molar-refractivity contribution >= 4 is 17.4 Å². The molecule has 0 radical (unpaired) electrons. The maximum absolute atomic E-state index is 12.4. The molecule has 0 aromatic heterocycles. The van der Waals surface area contributed by atoms with E-state index in [1.54, 1.807) is 30.3 Å². The molecule has 0 saturated carbocycles. The zero-order valence-electron chi connectivity index (χ0n) is 7.82. The maximum Gasteiger partial charge on any atom is 0.353 e. The van der Waals surface area contributed by atoms with Gasteiger partial charge in [-0.25, -0.2) is 0 Å². The number of rotatable bonds is 4. The summed E-state index contributed by atoms with van der Waals surface area (Å²) < 4.78 is 49.7. The quantitative estimate of drug-likeness (QED) is 0.516. The van der Waals surface area contributed by atoms with E-state index in [4.69, 9.17) is 0 Å². The number of benzene rings is 1. The fourth-order valence-corrected chi connectivity index (χ4v) is 2.38. The molecule has 0 saturated heterocycles. The van der Waals surface area contributed by atoms with E-state index >= 15 is 0 Å². The van der Waals surface area contributed by atoms with E-state index in [2.05, 4.69) is 0 Å². The molecule has 7 heteroatoms. The van der Waals surface area contributed by atoms with Crippen molar-refractivity contribution in [3.63, 3.8) is 0 Å². The highest BCUT2D eigenvalue weighted by atomic mass is 31.3. The standard InChI is InChI=1S/C8H9F4NP2/c1-7(8-5-3-2-4-6-8)13(14(9)10)15(11)12/h2-7H,1H3/t7-/m0/s1. The first-order chi connectivity index (χ1) is 7.04. The van der Waals surface area contributed by atoms with Gasteiger partial charge in [0.2, 0.25) is 0 Å². The van der Waals surface area contributed by atoms with Gasteiger partial charge in [0.15, 0.2) is 0 Å². The Kier molecular flexibility index (Phi) is 4.91. The van der Waals surface area contributed by atoms with Crippen molar-refractivity contribution in [1.29, 1.82) is 0 Å². The first-order valence-corrected chi connectivity index (χ1v) is 6.26. The van der Waals surface area contributed by atoms with E-state index in [1.807, 2.05) is 0 Å². The lowest BCUT2D eigenvalue weighted by Gasteiger charge is -2.24. The van der Waals surface area contributed by atoms with Crippen LogP contribution in [0.15, 0.2) is 30.3 Å². The van der Waals surface area contributed by atoms with Crippen molar-refractivity contribution < 1.29 is 16.8 Å². The van der Waals surface area contributed by atoms with Gasteiger partial charge in [-0.3, -0.25) is 0 Å². The molecule has 0 bridgehead atoms. The van der Waals surface area contributed by atoms with Crippen molar-refractivity contribution in [3.8, 4) is 0 Å². The average molecular weight is 257 g/mol. The molecule has 0 fully saturated rings. The highest BCUT2D eigenvalue weighted by Crippen LogP contribution is 2.64. The zero-order valence-corrected chi connectivity index (χ0v) is 9.61. The third-order valence-electron chi connectivity index (χ3n) is 1.94. The summed E-state index contributed by atoms with van der Waals surface area (Å²) in [7, 11) is -7.51. The third kappa shape index (κ3) is 3.37. The van der Waals surface area contributed by atoms with Crippen LogP contribution < -0.4 is 0 Å². The Balaban J connectivity index is 2.86. The summed E-state index contributed by atoms with van der Waals surface area (Å²) in [5.74, 6) is 0. The molecule has 0 aliphatic rings. The smallest absolute Gasteiger partial charge is 0.169 e. The molecule has 0 unspecified atom stereocenters. The molecule has 1 aromatic rings. The summed E-state index contributed by atoms with van der Waals surface area (Å²) in [4.78, 5) is 0. The van der Waals surface area contributed by atoms with Gasteiger partial charge in [0.1, 0.15) is 0 Å². The topological polar surface area (TPSA) is 3.24 Å². The van der Waals surface area contributed by atoms with E-state index in [-0.39, 0.29) is 4.44 Å². The highest BCUT2D eigenvalue weighted by Gasteiger charge is 2.34. The zero-order chi connectivity index (χ0) is 11.4. The van der Waals surface area contributed by atoms with Crippen LogP contribution in [0.3, 0.4) is 0 Å². The molecule has 15 heavy (non-hydrogen) atoms. The molecule has 0 amide bonds. The van der Waals surface area contributed by atoms with E-state index in [9.17, 15) is 16.8 Å². The van der Waals surface area contributed by atoms with E-state index < -0.39 is 23.4 Å². The largest absolute Gasteiger partial charge is 0.353 e. The van der Waals surface area contributed by atoms with Gasteiger partial charge < -0.3 is 0 Å². The van der Waals surface area contributed by atoms with Gasteiger partial charge in [-0.05, 0) is 12.5 Å². The molecule has 0 spiro atoms. The second-order valence-electron chi connectivity index (χ2n) is 2.84. The molecule has 0 aliphatic heterocycles. The molecule has 1 rings (SSSR count). The van der Waals surface area contributed by atoms with Crippen molar-refractivity contribution in [2.75, 3.05) is 0 Å². The summed E-state index contributed by atoms with van der Waals surface area (Å²) >= 11 is 0. The van der Waals surface area contributed by atoms with Crippen molar-refractivity contribution in [1.82, 2.24) is 4.44 Å². The van der Waals surface area contributed by atoms with Crippen LogP contribution in [0.1, 0.15) is 18.5 Å². The fraction of sp³-hybridized carbons (Fsp3) is 0.250. The fourth-order valence-electron chi connectivity index (χ4n) is 1.18. The van der Waals surface area contributed by atoms with Crippen LogP contribution in [-0.2, 0) is 0 Å². The van der Waals surface area contributed by atoms with E-state index in [0.29, 0.717) is 5.56 Å². The summed E-state index contributed by atoms with van der Waals surface area (Å²) in [6, 6.07) is 7.17. The number of nitrogens with zero attached hydrogens (tertiary/aromatic N) is 1. The van der Waals surface area contributed by atoms with Gasteiger partial charge in [0.05, 0.1) is 0 Å². The predicted molar refractivity (Wildman–Crippen MR) is 55.0 cm³/mol. The summed E-state index contributed by atoms with van der Waals surface area (Å²) in [5, 5.41) is 0. The Hall–Kier alpha value is -0.240. The molecular formula is C8H9F4NP2. The Bertz CT molecular complexity index is 288. The van der Waals surface area contributed by atoms with Crippen LogP contribution in [0.5, 0.6) is 0 Å². The van der Waals surface area contributed by atoms with Crippen LogP contribution in [0, 0.1) is 0 Å². The first kappa shape index (κ1) is 12.8. The van der Waals surface area contributed by atoms with E-state index in [1.165, 1.54) is 6.92 Å². The normalized spacial score (nSPS) is 13.9. The van der Waals surface area contributed by atoms with Crippen LogP contribution >= 0.6 is 17.4 Å². The van der Waals surface area contributed by atoms with Crippen LogP contribution in [-0.4, -0.2) is 4.44 Å². The molecule has 1 aromatic carbocycles. The van der Waals surface area contributed by atoms with Crippen LogP contribution in [0.2, 0.25) is 0 Å². The molecule has 0 heterocycles.